The zero-order chi connectivity index (χ0) is 12.3. The van der Waals surface area contributed by atoms with Gasteiger partial charge in [0.15, 0.2) is 0 Å². The molecule has 0 aromatic heterocycles. The Labute approximate surface area is 98.8 Å². The van der Waals surface area contributed by atoms with Gasteiger partial charge in [0.05, 0.1) is 5.71 Å². The lowest BCUT2D eigenvalue weighted by atomic mass is 9.69. The van der Waals surface area contributed by atoms with Crippen LogP contribution >= 0.6 is 0 Å². The molecule has 0 heterocycles. The van der Waals surface area contributed by atoms with Gasteiger partial charge in [0, 0.05) is 12.8 Å². The second-order valence-corrected chi connectivity index (χ2v) is 6.04. The van der Waals surface area contributed by atoms with Crippen LogP contribution < -0.4 is 0 Å². The zero-order valence-electron chi connectivity index (χ0n) is 11.1. The first-order valence-corrected chi connectivity index (χ1v) is 6.09. The molecule has 1 rings (SSSR count). The first-order valence-electron chi connectivity index (χ1n) is 6.09. The molecule has 1 fully saturated rings. The van der Waals surface area contributed by atoms with Crippen LogP contribution in [0.3, 0.4) is 0 Å². The van der Waals surface area contributed by atoms with E-state index in [-0.39, 0.29) is 11.3 Å². The number of hydrogen-bond donors (Lipinski definition) is 1. The van der Waals surface area contributed by atoms with Crippen molar-refractivity contribution in [3.05, 3.63) is 0 Å². The Hall–Kier alpha value is -0.860. The average Bonchev–Trinajstić information content (AvgIpc) is 2.12. The minimum Gasteiger partial charge on any atom is -0.342 e. The van der Waals surface area contributed by atoms with Gasteiger partial charge in [-0.1, -0.05) is 32.9 Å². The summed E-state index contributed by atoms with van der Waals surface area (Å²) in [5.41, 5.74) is 1.37. The quantitative estimate of drug-likeness (QED) is 0.410. The fourth-order valence-electron chi connectivity index (χ4n) is 2.38. The second-order valence-electron chi connectivity index (χ2n) is 6.04. The molecule has 3 nitrogen and oxygen atoms in total. The predicted octanol–water partition coefficient (Wildman–Crippen LogP) is 3.84. The summed E-state index contributed by atoms with van der Waals surface area (Å²) in [6, 6.07) is 0. The highest BCUT2D eigenvalue weighted by Crippen LogP contribution is 2.38. The van der Waals surface area contributed by atoms with E-state index in [0.29, 0.717) is 11.8 Å². The molecule has 0 aliphatic heterocycles. The van der Waals surface area contributed by atoms with Gasteiger partial charge in [-0.3, -0.25) is 5.41 Å². The molecule has 0 spiro atoms. The molecule has 16 heavy (non-hydrogen) atoms. The molecule has 2 unspecified atom stereocenters. The van der Waals surface area contributed by atoms with Crippen molar-refractivity contribution in [2.75, 3.05) is 0 Å². The molecule has 0 radical (unpaired) electrons. The molecule has 1 N–H and O–H groups in total. The van der Waals surface area contributed by atoms with Crippen LogP contribution in [-0.4, -0.2) is 11.6 Å². The van der Waals surface area contributed by atoms with Crippen molar-refractivity contribution in [1.82, 2.24) is 0 Å². The highest BCUT2D eigenvalue weighted by atomic mass is 16.6. The molecule has 0 saturated heterocycles. The Kier molecular flexibility index (Phi) is 4.11. The van der Waals surface area contributed by atoms with Gasteiger partial charge in [0.2, 0.25) is 5.90 Å². The van der Waals surface area contributed by atoms with Gasteiger partial charge >= 0.3 is 0 Å². The van der Waals surface area contributed by atoms with Crippen LogP contribution in [0.15, 0.2) is 5.16 Å². The summed E-state index contributed by atoms with van der Waals surface area (Å²) in [5.74, 6) is 1.34. The molecule has 1 aliphatic carbocycles. The molecule has 0 bridgehead atoms. The zero-order valence-corrected chi connectivity index (χ0v) is 11.1. The van der Waals surface area contributed by atoms with Crippen LogP contribution in [0.25, 0.3) is 0 Å². The van der Waals surface area contributed by atoms with E-state index >= 15 is 0 Å². The number of hydrogen-bond acceptors (Lipinski definition) is 3. The molecule has 2 atom stereocenters. The van der Waals surface area contributed by atoms with Gasteiger partial charge in [-0.2, -0.15) is 0 Å². The van der Waals surface area contributed by atoms with E-state index in [1.807, 2.05) is 0 Å². The number of rotatable bonds is 1. The van der Waals surface area contributed by atoms with Gasteiger partial charge in [-0.05, 0) is 30.6 Å². The normalized spacial score (nSPS) is 29.2. The van der Waals surface area contributed by atoms with E-state index in [4.69, 9.17) is 10.2 Å². The predicted molar refractivity (Wildman–Crippen MR) is 67.9 cm³/mol. The summed E-state index contributed by atoms with van der Waals surface area (Å²) in [5, 5.41) is 11.4. The Bertz CT molecular complexity index is 289. The van der Waals surface area contributed by atoms with Crippen LogP contribution in [0, 0.1) is 22.7 Å². The Balaban J connectivity index is 2.81. The Morgan fingerprint density at radius 2 is 2.00 bits per heavy atom. The highest BCUT2D eigenvalue weighted by Gasteiger charge is 2.34. The third-order valence-corrected chi connectivity index (χ3v) is 3.25. The van der Waals surface area contributed by atoms with E-state index in [9.17, 15) is 0 Å². The number of nitrogens with zero attached hydrogens (tertiary/aromatic N) is 1. The van der Waals surface area contributed by atoms with E-state index in [1.165, 1.54) is 12.8 Å². The second kappa shape index (κ2) is 4.98. The van der Waals surface area contributed by atoms with Gasteiger partial charge in [0.25, 0.3) is 0 Å². The van der Waals surface area contributed by atoms with E-state index < -0.39 is 0 Å². The third kappa shape index (κ3) is 3.62. The Morgan fingerprint density at radius 3 is 2.50 bits per heavy atom. The maximum atomic E-state index is 7.26. The lowest BCUT2D eigenvalue weighted by Gasteiger charge is -2.36. The minimum atomic E-state index is 0.165. The maximum absolute atomic E-state index is 7.26. The average molecular weight is 224 g/mol. The van der Waals surface area contributed by atoms with E-state index in [0.717, 1.165) is 12.1 Å². The molecule has 3 heteroatoms. The molecule has 92 valence electrons. The first kappa shape index (κ1) is 13.2. The van der Waals surface area contributed by atoms with Gasteiger partial charge < -0.3 is 4.84 Å². The van der Waals surface area contributed by atoms with Gasteiger partial charge in [-0.15, -0.1) is 0 Å². The minimum absolute atomic E-state index is 0.165. The number of oxime groups is 1. The summed E-state index contributed by atoms with van der Waals surface area (Å²) < 4.78 is 0. The lowest BCUT2D eigenvalue weighted by Crippen LogP contribution is -2.34. The van der Waals surface area contributed by atoms with Crippen molar-refractivity contribution in [2.24, 2.45) is 22.4 Å². The van der Waals surface area contributed by atoms with Crippen LogP contribution in [0.1, 0.15) is 53.9 Å². The van der Waals surface area contributed by atoms with Crippen LogP contribution in [0.4, 0.5) is 0 Å². The largest absolute Gasteiger partial charge is 0.342 e. The standard InChI is InChI=1S/C13H24N2O/c1-9-6-7-11(13(3,4)5)12(8-9)15-16-10(2)14/h9,11,14H,6-8H2,1-5H3/b14-10?,15-12-. The number of nitrogens with one attached hydrogen (secondary N) is 1. The molecule has 0 aromatic rings. The smallest absolute Gasteiger partial charge is 0.214 e. The molecule has 0 aromatic carbocycles. The van der Waals surface area contributed by atoms with Crippen LogP contribution in [-0.2, 0) is 4.84 Å². The topological polar surface area (TPSA) is 45.4 Å². The first-order chi connectivity index (χ1) is 7.30. The van der Waals surface area contributed by atoms with Crippen molar-refractivity contribution in [3.8, 4) is 0 Å². The summed E-state index contributed by atoms with van der Waals surface area (Å²) in [6.07, 6.45) is 3.46. The van der Waals surface area contributed by atoms with E-state index in [2.05, 4.69) is 32.9 Å². The monoisotopic (exact) mass is 224 g/mol. The lowest BCUT2D eigenvalue weighted by molar-refractivity contribution is 0.240. The van der Waals surface area contributed by atoms with Crippen molar-refractivity contribution >= 4 is 11.6 Å². The van der Waals surface area contributed by atoms with Gasteiger partial charge in [-0.25, -0.2) is 0 Å². The summed E-state index contributed by atoms with van der Waals surface area (Å²) in [4.78, 5) is 5.03. The summed E-state index contributed by atoms with van der Waals surface area (Å²) >= 11 is 0. The van der Waals surface area contributed by atoms with Crippen LogP contribution in [0.5, 0.6) is 0 Å². The molecule has 1 aliphatic rings. The molecular formula is C13H24N2O. The molecular weight excluding hydrogens is 200 g/mol. The summed E-state index contributed by atoms with van der Waals surface area (Å²) in [7, 11) is 0. The van der Waals surface area contributed by atoms with Gasteiger partial charge in [0.1, 0.15) is 0 Å². The highest BCUT2D eigenvalue weighted by molar-refractivity contribution is 5.88. The van der Waals surface area contributed by atoms with E-state index in [1.54, 1.807) is 6.92 Å². The van der Waals surface area contributed by atoms with Crippen molar-refractivity contribution in [3.63, 3.8) is 0 Å². The molecule has 1 saturated carbocycles. The third-order valence-electron chi connectivity index (χ3n) is 3.25. The molecule has 0 amide bonds. The summed E-state index contributed by atoms with van der Waals surface area (Å²) in [6.45, 7) is 10.6. The fraction of sp³-hybridized carbons (Fsp3) is 0.846. The van der Waals surface area contributed by atoms with Crippen molar-refractivity contribution in [1.29, 1.82) is 5.41 Å². The fourth-order valence-corrected chi connectivity index (χ4v) is 2.38. The Morgan fingerprint density at radius 1 is 1.38 bits per heavy atom. The SMILES string of the molecule is CC(=N)O/N=C1/CC(C)CCC1C(C)(C)C. The van der Waals surface area contributed by atoms with Crippen LogP contribution in [0.2, 0.25) is 0 Å². The maximum Gasteiger partial charge on any atom is 0.214 e. The van der Waals surface area contributed by atoms with Crippen molar-refractivity contribution in [2.45, 2.75) is 53.9 Å². The van der Waals surface area contributed by atoms with Crippen molar-refractivity contribution < 1.29 is 4.84 Å².